The minimum Gasteiger partial charge on any atom is -0.466 e. The molecule has 0 aliphatic heterocycles. The van der Waals surface area contributed by atoms with Crippen molar-refractivity contribution in [3.63, 3.8) is 0 Å². The Hall–Kier alpha value is -2.63. The topological polar surface area (TPSA) is 81.4 Å². The van der Waals surface area contributed by atoms with Crippen molar-refractivity contribution in [2.45, 2.75) is 19.8 Å². The molecule has 1 heterocycles. The zero-order valence-electron chi connectivity index (χ0n) is 11.7. The number of carbonyl (C=O) groups is 2. The van der Waals surface area contributed by atoms with Gasteiger partial charge in [-0.3, -0.25) is 14.9 Å². The van der Waals surface area contributed by atoms with E-state index in [-0.39, 0.29) is 24.6 Å². The number of anilines is 1. The Labute approximate surface area is 122 Å². The lowest BCUT2D eigenvalue weighted by Crippen LogP contribution is -2.14. The monoisotopic (exact) mass is 288 g/mol. The molecule has 110 valence electrons. The molecule has 0 saturated heterocycles. The number of aromatic nitrogens is 1. The first-order valence-electron chi connectivity index (χ1n) is 6.66. The van der Waals surface area contributed by atoms with E-state index in [1.807, 2.05) is 30.3 Å². The molecule has 1 aromatic carbocycles. The molecule has 0 fully saturated rings. The van der Waals surface area contributed by atoms with Crippen LogP contribution in [0.1, 0.15) is 19.8 Å². The van der Waals surface area contributed by atoms with Crippen LogP contribution in [0, 0.1) is 0 Å². The Morgan fingerprint density at radius 1 is 1.24 bits per heavy atom. The van der Waals surface area contributed by atoms with Crippen molar-refractivity contribution in [3.05, 3.63) is 36.5 Å². The fraction of sp³-hybridized carbons (Fsp3) is 0.267. The van der Waals surface area contributed by atoms with E-state index in [4.69, 9.17) is 9.26 Å². The molecule has 0 radical (unpaired) electrons. The smallest absolute Gasteiger partial charge is 0.306 e. The van der Waals surface area contributed by atoms with E-state index >= 15 is 0 Å². The van der Waals surface area contributed by atoms with Crippen molar-refractivity contribution in [1.29, 1.82) is 0 Å². The molecule has 0 spiro atoms. The van der Waals surface area contributed by atoms with Gasteiger partial charge in [0, 0.05) is 6.42 Å². The van der Waals surface area contributed by atoms with Gasteiger partial charge in [0.05, 0.1) is 24.8 Å². The van der Waals surface area contributed by atoms with Crippen LogP contribution < -0.4 is 5.32 Å². The van der Waals surface area contributed by atoms with E-state index in [1.54, 1.807) is 6.92 Å². The molecule has 0 aliphatic carbocycles. The van der Waals surface area contributed by atoms with Gasteiger partial charge in [-0.25, -0.2) is 0 Å². The van der Waals surface area contributed by atoms with E-state index in [1.165, 1.54) is 6.20 Å². The second kappa shape index (κ2) is 7.23. The molecule has 1 aromatic heterocycles. The highest BCUT2D eigenvalue weighted by molar-refractivity contribution is 5.94. The zero-order valence-corrected chi connectivity index (χ0v) is 11.7. The molecule has 1 N–H and O–H groups in total. The van der Waals surface area contributed by atoms with Gasteiger partial charge < -0.3 is 9.26 Å². The highest BCUT2D eigenvalue weighted by Crippen LogP contribution is 2.27. The number of ether oxygens (including phenoxy) is 1. The Bertz CT molecular complexity index is 607. The van der Waals surface area contributed by atoms with E-state index in [9.17, 15) is 9.59 Å². The van der Waals surface area contributed by atoms with Gasteiger partial charge in [0.1, 0.15) is 0 Å². The van der Waals surface area contributed by atoms with Crippen LogP contribution >= 0.6 is 0 Å². The standard InChI is InChI=1S/C15H16N2O4/c1-2-20-14(19)9-8-13(18)17-15-12(10-16-21-15)11-6-4-3-5-7-11/h3-7,10H,2,8-9H2,1H3,(H,17,18). The Kier molecular flexibility index (Phi) is 5.09. The summed E-state index contributed by atoms with van der Waals surface area (Å²) in [4.78, 5) is 23.0. The first-order chi connectivity index (χ1) is 10.2. The predicted octanol–water partition coefficient (Wildman–Crippen LogP) is 2.62. The maximum Gasteiger partial charge on any atom is 0.306 e. The van der Waals surface area contributed by atoms with E-state index < -0.39 is 5.97 Å². The predicted molar refractivity (Wildman–Crippen MR) is 76.4 cm³/mol. The molecule has 21 heavy (non-hydrogen) atoms. The highest BCUT2D eigenvalue weighted by Gasteiger charge is 2.14. The van der Waals surface area contributed by atoms with Crippen molar-refractivity contribution >= 4 is 17.8 Å². The molecule has 6 nitrogen and oxygen atoms in total. The van der Waals surface area contributed by atoms with Gasteiger partial charge in [-0.2, -0.15) is 0 Å². The van der Waals surface area contributed by atoms with Gasteiger partial charge in [-0.15, -0.1) is 0 Å². The molecule has 0 saturated carbocycles. The first-order valence-corrected chi connectivity index (χ1v) is 6.66. The third-order valence-electron chi connectivity index (χ3n) is 2.77. The van der Waals surface area contributed by atoms with Crippen LogP contribution in [0.3, 0.4) is 0 Å². The SMILES string of the molecule is CCOC(=O)CCC(=O)Nc1oncc1-c1ccccc1. The maximum absolute atomic E-state index is 11.8. The van der Waals surface area contributed by atoms with Gasteiger partial charge in [0.25, 0.3) is 0 Å². The van der Waals surface area contributed by atoms with Crippen LogP contribution in [0.4, 0.5) is 5.88 Å². The Balaban J connectivity index is 1.96. The fourth-order valence-corrected chi connectivity index (χ4v) is 1.79. The van der Waals surface area contributed by atoms with Gasteiger partial charge in [0.2, 0.25) is 11.8 Å². The molecule has 2 rings (SSSR count). The van der Waals surface area contributed by atoms with E-state index in [0.29, 0.717) is 12.2 Å². The summed E-state index contributed by atoms with van der Waals surface area (Å²) >= 11 is 0. The number of esters is 1. The van der Waals surface area contributed by atoms with Crippen molar-refractivity contribution in [2.75, 3.05) is 11.9 Å². The number of amides is 1. The fourth-order valence-electron chi connectivity index (χ4n) is 1.79. The van der Waals surface area contributed by atoms with Gasteiger partial charge in [0.15, 0.2) is 0 Å². The van der Waals surface area contributed by atoms with Crippen LogP contribution in [-0.4, -0.2) is 23.6 Å². The summed E-state index contributed by atoms with van der Waals surface area (Å²) in [6.45, 7) is 2.03. The van der Waals surface area contributed by atoms with Crippen LogP contribution in [0.5, 0.6) is 0 Å². The van der Waals surface area contributed by atoms with Gasteiger partial charge in [-0.05, 0) is 12.5 Å². The van der Waals surface area contributed by atoms with Gasteiger partial charge >= 0.3 is 5.97 Å². The number of benzene rings is 1. The number of nitrogens with one attached hydrogen (secondary N) is 1. The largest absolute Gasteiger partial charge is 0.466 e. The summed E-state index contributed by atoms with van der Waals surface area (Å²) in [7, 11) is 0. The summed E-state index contributed by atoms with van der Waals surface area (Å²) in [5.74, 6) is -0.444. The minimum absolute atomic E-state index is 0.0355. The molecule has 0 aliphatic rings. The third-order valence-corrected chi connectivity index (χ3v) is 2.77. The molecule has 0 atom stereocenters. The summed E-state index contributed by atoms with van der Waals surface area (Å²) in [5, 5.41) is 6.31. The van der Waals surface area contributed by atoms with E-state index in [2.05, 4.69) is 10.5 Å². The van der Waals surface area contributed by atoms with Crippen LogP contribution in [0.15, 0.2) is 41.1 Å². The minimum atomic E-state index is -0.395. The van der Waals surface area contributed by atoms with Crippen LogP contribution in [0.2, 0.25) is 0 Å². The second-order valence-corrected chi connectivity index (χ2v) is 4.29. The zero-order chi connectivity index (χ0) is 15.1. The number of carbonyl (C=O) groups excluding carboxylic acids is 2. The van der Waals surface area contributed by atoms with Crippen LogP contribution in [0.25, 0.3) is 11.1 Å². The Morgan fingerprint density at radius 3 is 2.71 bits per heavy atom. The number of nitrogens with zero attached hydrogens (tertiary/aromatic N) is 1. The average Bonchev–Trinajstić information content (AvgIpc) is 2.94. The molecular weight excluding hydrogens is 272 g/mol. The van der Waals surface area contributed by atoms with E-state index in [0.717, 1.165) is 5.56 Å². The number of hydrogen-bond donors (Lipinski definition) is 1. The quantitative estimate of drug-likeness (QED) is 0.826. The van der Waals surface area contributed by atoms with Crippen molar-refractivity contribution in [3.8, 4) is 11.1 Å². The lowest BCUT2D eigenvalue weighted by molar-refractivity contribution is -0.144. The summed E-state index contributed by atoms with van der Waals surface area (Å²) in [6, 6.07) is 9.44. The molecule has 1 amide bonds. The van der Waals surface area contributed by atoms with Crippen molar-refractivity contribution < 1.29 is 18.8 Å². The summed E-state index contributed by atoms with van der Waals surface area (Å²) in [5.41, 5.74) is 1.58. The Morgan fingerprint density at radius 2 is 2.00 bits per heavy atom. The number of hydrogen-bond acceptors (Lipinski definition) is 5. The number of rotatable bonds is 6. The maximum atomic E-state index is 11.8. The second-order valence-electron chi connectivity index (χ2n) is 4.29. The molecule has 0 bridgehead atoms. The van der Waals surface area contributed by atoms with Gasteiger partial charge in [-0.1, -0.05) is 35.5 Å². The molecule has 2 aromatic rings. The molecule has 0 unspecified atom stereocenters. The third kappa shape index (κ3) is 4.17. The molecular formula is C15H16N2O4. The van der Waals surface area contributed by atoms with Crippen molar-refractivity contribution in [1.82, 2.24) is 5.16 Å². The summed E-state index contributed by atoms with van der Waals surface area (Å²) < 4.78 is 9.81. The van der Waals surface area contributed by atoms with Crippen molar-refractivity contribution in [2.24, 2.45) is 0 Å². The first kappa shape index (κ1) is 14.8. The lowest BCUT2D eigenvalue weighted by Gasteiger charge is -2.04. The average molecular weight is 288 g/mol. The van der Waals surface area contributed by atoms with Crippen LogP contribution in [-0.2, 0) is 14.3 Å². The normalized spacial score (nSPS) is 10.1. The highest BCUT2D eigenvalue weighted by atomic mass is 16.5. The summed E-state index contributed by atoms with van der Waals surface area (Å²) in [6.07, 6.45) is 1.61. The lowest BCUT2D eigenvalue weighted by atomic mass is 10.1. The molecule has 6 heteroatoms.